The van der Waals surface area contributed by atoms with E-state index in [1.807, 2.05) is 0 Å². The van der Waals surface area contributed by atoms with E-state index in [1.165, 1.54) is 18.2 Å². The second-order valence-electron chi connectivity index (χ2n) is 2.69. The Balaban J connectivity index is 2.96. The maximum atomic E-state index is 10.5. The van der Waals surface area contributed by atoms with Crippen LogP contribution < -0.4 is 0 Å². The van der Waals surface area contributed by atoms with Crippen LogP contribution in [0.25, 0.3) is 6.08 Å². The van der Waals surface area contributed by atoms with E-state index in [-0.39, 0.29) is 4.90 Å². The molecule has 0 aliphatic heterocycles. The van der Waals surface area contributed by atoms with Crippen LogP contribution in [0.2, 0.25) is 0 Å². The molecule has 15 heavy (non-hydrogen) atoms. The van der Waals surface area contributed by atoms with E-state index in [4.69, 9.17) is 5.11 Å². The highest BCUT2D eigenvalue weighted by Crippen LogP contribution is 2.10. The van der Waals surface area contributed by atoms with Crippen LogP contribution in [-0.2, 0) is 14.9 Å². The molecule has 1 rings (SSSR count). The maximum absolute atomic E-state index is 10.5. The van der Waals surface area contributed by atoms with E-state index in [1.54, 1.807) is 0 Å². The summed E-state index contributed by atoms with van der Waals surface area (Å²) in [7, 11) is -4.44. The number of carbonyl (C=O) groups is 1. The summed E-state index contributed by atoms with van der Waals surface area (Å²) in [5.74, 6) is -1.10. The number of aliphatic carboxylic acids is 1. The van der Waals surface area contributed by atoms with Gasteiger partial charge in [-0.25, -0.2) is 13.2 Å². The molecular formula is C9H7O5S-. The summed E-state index contributed by atoms with van der Waals surface area (Å²) >= 11 is 0. The summed E-state index contributed by atoms with van der Waals surface area (Å²) in [6.45, 7) is 0. The minimum absolute atomic E-state index is 0.338. The molecule has 0 amide bonds. The average Bonchev–Trinajstić information content (AvgIpc) is 2.14. The van der Waals surface area contributed by atoms with Crippen LogP contribution in [0.15, 0.2) is 35.2 Å². The molecule has 0 aromatic heterocycles. The van der Waals surface area contributed by atoms with Crippen molar-refractivity contribution in [3.05, 3.63) is 35.9 Å². The Kier molecular flexibility index (Phi) is 3.23. The molecule has 0 bridgehead atoms. The predicted octanol–water partition coefficient (Wildman–Crippen LogP) is 0.689. The first-order valence-electron chi connectivity index (χ1n) is 3.86. The molecule has 0 atom stereocenters. The molecule has 0 heterocycles. The number of carboxylic acids is 1. The van der Waals surface area contributed by atoms with Gasteiger partial charge in [0.1, 0.15) is 10.1 Å². The first-order chi connectivity index (χ1) is 6.89. The van der Waals surface area contributed by atoms with Crippen molar-refractivity contribution in [3.63, 3.8) is 0 Å². The lowest BCUT2D eigenvalue weighted by Gasteiger charge is -2.06. The zero-order chi connectivity index (χ0) is 11.5. The second kappa shape index (κ2) is 4.24. The Hall–Kier alpha value is -1.66. The topological polar surface area (TPSA) is 94.5 Å². The number of hydrogen-bond acceptors (Lipinski definition) is 4. The van der Waals surface area contributed by atoms with Gasteiger partial charge < -0.3 is 9.66 Å². The van der Waals surface area contributed by atoms with Gasteiger partial charge in [-0.05, 0) is 23.8 Å². The van der Waals surface area contributed by atoms with E-state index in [2.05, 4.69) is 0 Å². The van der Waals surface area contributed by atoms with Crippen molar-refractivity contribution >= 4 is 22.2 Å². The average molecular weight is 227 g/mol. The number of rotatable bonds is 3. The number of carboxylic acid groups (broad SMARTS) is 1. The lowest BCUT2D eigenvalue weighted by atomic mass is 10.2. The van der Waals surface area contributed by atoms with Crippen LogP contribution in [-0.4, -0.2) is 24.0 Å². The molecule has 1 aromatic carbocycles. The minimum Gasteiger partial charge on any atom is -0.744 e. The SMILES string of the molecule is O=C(O)/C=C/c1ccc(S(=O)(=O)[O-])cc1. The first-order valence-corrected chi connectivity index (χ1v) is 5.27. The van der Waals surface area contributed by atoms with E-state index in [9.17, 15) is 17.8 Å². The Morgan fingerprint density at radius 1 is 1.27 bits per heavy atom. The van der Waals surface area contributed by atoms with Gasteiger partial charge in [-0.15, -0.1) is 0 Å². The van der Waals surface area contributed by atoms with Crippen LogP contribution in [0, 0.1) is 0 Å². The second-order valence-corrected chi connectivity index (χ2v) is 4.07. The van der Waals surface area contributed by atoms with Gasteiger partial charge in [0.05, 0.1) is 4.90 Å². The third-order valence-electron chi connectivity index (χ3n) is 1.59. The molecule has 80 valence electrons. The molecule has 0 fully saturated rings. The van der Waals surface area contributed by atoms with Crippen LogP contribution in [0.3, 0.4) is 0 Å². The van der Waals surface area contributed by atoms with Crippen LogP contribution >= 0.6 is 0 Å². The fraction of sp³-hybridized carbons (Fsp3) is 0. The van der Waals surface area contributed by atoms with Crippen LogP contribution in [0.5, 0.6) is 0 Å². The quantitative estimate of drug-likeness (QED) is 0.605. The number of hydrogen-bond donors (Lipinski definition) is 1. The van der Waals surface area contributed by atoms with Gasteiger partial charge in [-0.1, -0.05) is 12.1 Å². The molecular weight excluding hydrogens is 220 g/mol. The highest BCUT2D eigenvalue weighted by Gasteiger charge is 1.99. The van der Waals surface area contributed by atoms with E-state index in [0.717, 1.165) is 18.2 Å². The van der Waals surface area contributed by atoms with Gasteiger partial charge in [-0.3, -0.25) is 0 Å². The zero-order valence-corrected chi connectivity index (χ0v) is 8.27. The van der Waals surface area contributed by atoms with E-state index < -0.39 is 16.1 Å². The fourth-order valence-electron chi connectivity index (χ4n) is 0.913. The van der Waals surface area contributed by atoms with E-state index in [0.29, 0.717) is 5.56 Å². The maximum Gasteiger partial charge on any atom is 0.328 e. The van der Waals surface area contributed by atoms with Crippen LogP contribution in [0.1, 0.15) is 5.56 Å². The number of benzene rings is 1. The molecule has 5 nitrogen and oxygen atoms in total. The zero-order valence-electron chi connectivity index (χ0n) is 7.45. The Morgan fingerprint density at radius 2 is 1.80 bits per heavy atom. The first kappa shape index (κ1) is 11.4. The summed E-state index contributed by atoms with van der Waals surface area (Å²) in [6.07, 6.45) is 2.21. The summed E-state index contributed by atoms with van der Waals surface area (Å²) in [5.41, 5.74) is 0.504. The van der Waals surface area contributed by atoms with Crippen molar-refractivity contribution in [2.45, 2.75) is 4.90 Å². The summed E-state index contributed by atoms with van der Waals surface area (Å²) in [6, 6.07) is 4.96. The molecule has 0 unspecified atom stereocenters. The molecule has 0 saturated carbocycles. The molecule has 6 heteroatoms. The molecule has 0 aliphatic carbocycles. The van der Waals surface area contributed by atoms with Gasteiger partial charge in [0.25, 0.3) is 0 Å². The Morgan fingerprint density at radius 3 is 2.20 bits per heavy atom. The van der Waals surface area contributed by atoms with Crippen molar-refractivity contribution in [2.75, 3.05) is 0 Å². The van der Waals surface area contributed by atoms with Crippen molar-refractivity contribution < 1.29 is 22.9 Å². The Bertz CT molecular complexity index is 484. The smallest absolute Gasteiger partial charge is 0.328 e. The Labute approximate surface area is 86.4 Å². The normalized spacial score (nSPS) is 11.8. The molecule has 0 aliphatic rings. The monoisotopic (exact) mass is 227 g/mol. The highest BCUT2D eigenvalue weighted by molar-refractivity contribution is 7.85. The third kappa shape index (κ3) is 3.53. The van der Waals surface area contributed by atoms with Gasteiger partial charge in [0, 0.05) is 6.08 Å². The lowest BCUT2D eigenvalue weighted by molar-refractivity contribution is -0.131. The van der Waals surface area contributed by atoms with Gasteiger partial charge >= 0.3 is 5.97 Å². The fourth-order valence-corrected chi connectivity index (χ4v) is 1.38. The lowest BCUT2D eigenvalue weighted by Crippen LogP contribution is -1.97. The predicted molar refractivity (Wildman–Crippen MR) is 51.1 cm³/mol. The standard InChI is InChI=1S/C9H8O5S/c10-9(11)6-3-7-1-4-8(5-2-7)15(12,13)14/h1-6H,(H,10,11)(H,12,13,14)/p-1/b6-3+. The van der Waals surface area contributed by atoms with Gasteiger partial charge in [-0.2, -0.15) is 0 Å². The molecule has 0 spiro atoms. The molecule has 0 radical (unpaired) electrons. The van der Waals surface area contributed by atoms with Crippen LogP contribution in [0.4, 0.5) is 0 Å². The van der Waals surface area contributed by atoms with Crippen molar-refractivity contribution in [1.29, 1.82) is 0 Å². The summed E-state index contributed by atoms with van der Waals surface area (Å²) < 4.78 is 31.6. The molecule has 1 N–H and O–H groups in total. The molecule has 1 aromatic rings. The van der Waals surface area contributed by atoms with E-state index >= 15 is 0 Å². The van der Waals surface area contributed by atoms with Gasteiger partial charge in [0.2, 0.25) is 0 Å². The third-order valence-corrected chi connectivity index (χ3v) is 2.44. The largest absolute Gasteiger partial charge is 0.744 e. The van der Waals surface area contributed by atoms with Crippen molar-refractivity contribution in [3.8, 4) is 0 Å². The molecule has 0 saturated heterocycles. The highest BCUT2D eigenvalue weighted by atomic mass is 32.2. The van der Waals surface area contributed by atoms with Crippen molar-refractivity contribution in [1.82, 2.24) is 0 Å². The minimum atomic E-state index is -4.44. The summed E-state index contributed by atoms with van der Waals surface area (Å²) in [4.78, 5) is 9.83. The summed E-state index contributed by atoms with van der Waals surface area (Å²) in [5, 5.41) is 8.33. The van der Waals surface area contributed by atoms with Gasteiger partial charge in [0.15, 0.2) is 0 Å². The van der Waals surface area contributed by atoms with Crippen molar-refractivity contribution in [2.24, 2.45) is 0 Å².